The van der Waals surface area contributed by atoms with Crippen molar-refractivity contribution in [3.63, 3.8) is 0 Å². The summed E-state index contributed by atoms with van der Waals surface area (Å²) >= 11 is 0. The highest BCUT2D eigenvalue weighted by Crippen LogP contribution is 2.23. The number of fused-ring (bicyclic) bond motifs is 2. The number of H-pyrrole nitrogens is 1. The Labute approximate surface area is 162 Å². The lowest BCUT2D eigenvalue weighted by molar-refractivity contribution is 0.0707. The smallest absolute Gasteiger partial charge is 0.272 e. The van der Waals surface area contributed by atoms with Crippen LogP contribution in [0.15, 0.2) is 36.5 Å². The first kappa shape index (κ1) is 17.0. The lowest BCUT2D eigenvalue weighted by atomic mass is 10.1. The molecule has 2 aliphatic rings. The topological polar surface area (TPSA) is 83.0 Å². The van der Waals surface area contributed by atoms with Gasteiger partial charge < -0.3 is 15.2 Å². The number of nitrogens with zero attached hydrogens (tertiary/aromatic N) is 3. The molecule has 28 heavy (non-hydrogen) atoms. The van der Waals surface area contributed by atoms with Crippen LogP contribution in [0.1, 0.15) is 52.2 Å². The van der Waals surface area contributed by atoms with Crippen molar-refractivity contribution < 1.29 is 9.59 Å². The van der Waals surface area contributed by atoms with Gasteiger partial charge in [0, 0.05) is 29.7 Å². The third kappa shape index (κ3) is 2.96. The minimum atomic E-state index is -0.108. The van der Waals surface area contributed by atoms with E-state index in [1.54, 1.807) is 6.20 Å². The Morgan fingerprint density at radius 3 is 2.82 bits per heavy atom. The Morgan fingerprint density at radius 1 is 1.14 bits per heavy atom. The molecular weight excluding hydrogens is 354 g/mol. The summed E-state index contributed by atoms with van der Waals surface area (Å²) in [7, 11) is 0. The molecule has 5 rings (SSSR count). The summed E-state index contributed by atoms with van der Waals surface area (Å²) in [5.41, 5.74) is 2.99. The fraction of sp³-hybridized carbons (Fsp3) is 0.381. The predicted octanol–water partition coefficient (Wildman–Crippen LogP) is 2.69. The maximum absolute atomic E-state index is 13.1. The van der Waals surface area contributed by atoms with E-state index in [9.17, 15) is 9.59 Å². The summed E-state index contributed by atoms with van der Waals surface area (Å²) in [5, 5.41) is 8.47. The highest BCUT2D eigenvalue weighted by molar-refractivity contribution is 6.06. The predicted molar refractivity (Wildman–Crippen MR) is 105 cm³/mol. The molecule has 0 spiro atoms. The lowest BCUT2D eigenvalue weighted by Gasteiger charge is -2.27. The van der Waals surface area contributed by atoms with Gasteiger partial charge in [0.05, 0.1) is 24.3 Å². The average molecular weight is 377 g/mol. The van der Waals surface area contributed by atoms with Gasteiger partial charge in [0.1, 0.15) is 0 Å². The largest absolute Gasteiger partial charge is 0.360 e. The van der Waals surface area contributed by atoms with E-state index in [1.165, 1.54) is 12.8 Å². The Hall–Kier alpha value is -3.09. The van der Waals surface area contributed by atoms with Crippen LogP contribution in [0.2, 0.25) is 0 Å². The monoisotopic (exact) mass is 377 g/mol. The van der Waals surface area contributed by atoms with E-state index in [1.807, 2.05) is 39.9 Å². The number of para-hydroxylation sites is 1. The minimum absolute atomic E-state index is 0.00172. The van der Waals surface area contributed by atoms with Gasteiger partial charge in [0.15, 0.2) is 5.69 Å². The molecule has 3 aromatic rings. The van der Waals surface area contributed by atoms with Gasteiger partial charge in [-0.1, -0.05) is 31.0 Å². The Bertz CT molecular complexity index is 1040. The molecule has 0 atom stereocenters. The first-order chi connectivity index (χ1) is 13.7. The third-order valence-electron chi connectivity index (χ3n) is 5.83. The average Bonchev–Trinajstić information content (AvgIpc) is 3.45. The molecule has 1 aliphatic heterocycles. The molecule has 1 aromatic carbocycles. The molecule has 0 radical (unpaired) electrons. The van der Waals surface area contributed by atoms with Crippen LogP contribution in [-0.2, 0) is 13.1 Å². The molecule has 0 saturated heterocycles. The molecule has 144 valence electrons. The van der Waals surface area contributed by atoms with Crippen LogP contribution < -0.4 is 5.32 Å². The van der Waals surface area contributed by atoms with Gasteiger partial charge in [-0.15, -0.1) is 0 Å². The summed E-state index contributed by atoms with van der Waals surface area (Å²) in [6.07, 6.45) is 6.23. The van der Waals surface area contributed by atoms with Crippen molar-refractivity contribution in [2.75, 3.05) is 6.54 Å². The second-order valence-electron chi connectivity index (χ2n) is 7.67. The van der Waals surface area contributed by atoms with Crippen molar-refractivity contribution in [3.8, 4) is 0 Å². The molecule has 2 N–H and O–H groups in total. The number of rotatable bonds is 3. The second kappa shape index (κ2) is 6.82. The van der Waals surface area contributed by atoms with Crippen molar-refractivity contribution in [2.24, 2.45) is 0 Å². The Balaban J connectivity index is 1.33. The van der Waals surface area contributed by atoms with Crippen LogP contribution in [0.25, 0.3) is 10.9 Å². The van der Waals surface area contributed by atoms with Gasteiger partial charge in [0.2, 0.25) is 0 Å². The van der Waals surface area contributed by atoms with Crippen LogP contribution in [0.3, 0.4) is 0 Å². The Kier molecular flexibility index (Phi) is 4.15. The SMILES string of the molecule is O=C(NC1CCCC1)c1cc2n(n1)CCN(C(=O)c1c[nH]c3ccccc13)C2. The van der Waals surface area contributed by atoms with Gasteiger partial charge in [-0.2, -0.15) is 5.10 Å². The number of aromatic nitrogens is 3. The number of nitrogens with one attached hydrogen (secondary N) is 2. The fourth-order valence-corrected chi connectivity index (χ4v) is 4.30. The van der Waals surface area contributed by atoms with E-state index < -0.39 is 0 Å². The molecule has 0 unspecified atom stereocenters. The van der Waals surface area contributed by atoms with Crippen molar-refractivity contribution in [1.29, 1.82) is 0 Å². The van der Waals surface area contributed by atoms with Gasteiger partial charge in [0.25, 0.3) is 11.8 Å². The highest BCUT2D eigenvalue weighted by Gasteiger charge is 2.27. The van der Waals surface area contributed by atoms with E-state index in [2.05, 4.69) is 15.4 Å². The summed E-state index contributed by atoms with van der Waals surface area (Å²) in [6, 6.07) is 9.90. The van der Waals surface area contributed by atoms with Gasteiger partial charge in [-0.3, -0.25) is 14.3 Å². The number of hydrogen-bond acceptors (Lipinski definition) is 3. The molecule has 1 saturated carbocycles. The summed E-state index contributed by atoms with van der Waals surface area (Å²) in [4.78, 5) is 30.5. The zero-order valence-electron chi connectivity index (χ0n) is 15.6. The standard InChI is InChI=1S/C21H23N5O2/c27-20(23-14-5-1-2-6-14)19-11-15-13-25(9-10-26(15)24-19)21(28)17-12-22-18-8-4-3-7-16(17)18/h3-4,7-8,11-12,14,22H,1-2,5-6,9-10,13H2,(H,23,27). The number of amides is 2. The number of carbonyl (C=O) groups excluding carboxylic acids is 2. The zero-order valence-corrected chi connectivity index (χ0v) is 15.6. The molecule has 1 aliphatic carbocycles. The lowest BCUT2D eigenvalue weighted by Crippen LogP contribution is -2.38. The molecule has 2 aromatic heterocycles. The van der Waals surface area contributed by atoms with Crippen LogP contribution in [0.4, 0.5) is 0 Å². The van der Waals surface area contributed by atoms with Crippen molar-refractivity contribution in [3.05, 3.63) is 53.5 Å². The van der Waals surface area contributed by atoms with E-state index in [-0.39, 0.29) is 17.9 Å². The van der Waals surface area contributed by atoms with Crippen LogP contribution in [-0.4, -0.2) is 44.1 Å². The van der Waals surface area contributed by atoms with Gasteiger partial charge in [-0.05, 0) is 25.0 Å². The zero-order chi connectivity index (χ0) is 19.1. The van der Waals surface area contributed by atoms with Crippen molar-refractivity contribution >= 4 is 22.7 Å². The maximum Gasteiger partial charge on any atom is 0.272 e. The maximum atomic E-state index is 13.1. The normalized spacial score (nSPS) is 17.1. The molecule has 1 fully saturated rings. The number of hydrogen-bond donors (Lipinski definition) is 2. The van der Waals surface area contributed by atoms with Crippen LogP contribution in [0, 0.1) is 0 Å². The summed E-state index contributed by atoms with van der Waals surface area (Å²) in [6.45, 7) is 1.64. The first-order valence-corrected chi connectivity index (χ1v) is 9.92. The molecule has 3 heterocycles. The second-order valence-corrected chi connectivity index (χ2v) is 7.67. The van der Waals surface area contributed by atoms with E-state index in [0.29, 0.717) is 30.9 Å². The van der Waals surface area contributed by atoms with Gasteiger partial charge >= 0.3 is 0 Å². The summed E-state index contributed by atoms with van der Waals surface area (Å²) in [5.74, 6) is -0.106. The molecule has 7 heteroatoms. The molecule has 7 nitrogen and oxygen atoms in total. The summed E-state index contributed by atoms with van der Waals surface area (Å²) < 4.78 is 1.85. The Morgan fingerprint density at radius 2 is 1.96 bits per heavy atom. The van der Waals surface area contributed by atoms with Crippen molar-refractivity contribution in [2.45, 2.75) is 44.8 Å². The minimum Gasteiger partial charge on any atom is -0.360 e. The van der Waals surface area contributed by atoms with E-state index >= 15 is 0 Å². The molecule has 0 bridgehead atoms. The van der Waals surface area contributed by atoms with E-state index in [4.69, 9.17) is 0 Å². The number of aromatic amines is 1. The van der Waals surface area contributed by atoms with Gasteiger partial charge in [-0.25, -0.2) is 0 Å². The van der Waals surface area contributed by atoms with Crippen molar-refractivity contribution in [1.82, 2.24) is 25.0 Å². The number of carbonyl (C=O) groups is 2. The third-order valence-corrected chi connectivity index (χ3v) is 5.83. The first-order valence-electron chi connectivity index (χ1n) is 9.92. The van der Waals surface area contributed by atoms with Crippen LogP contribution >= 0.6 is 0 Å². The number of benzene rings is 1. The highest BCUT2D eigenvalue weighted by atomic mass is 16.2. The quantitative estimate of drug-likeness (QED) is 0.736. The fourth-order valence-electron chi connectivity index (χ4n) is 4.30. The molecule has 2 amide bonds. The van der Waals surface area contributed by atoms with E-state index in [0.717, 1.165) is 29.4 Å². The van der Waals surface area contributed by atoms with Crippen LogP contribution in [0.5, 0.6) is 0 Å². The molecular formula is C21H23N5O2.